The van der Waals surface area contributed by atoms with Crippen molar-refractivity contribution in [3.8, 4) is 0 Å². The van der Waals surface area contributed by atoms with Gasteiger partial charge in [0, 0.05) is 18.0 Å². The molecule has 0 aliphatic carbocycles. The van der Waals surface area contributed by atoms with E-state index in [4.69, 9.17) is 0 Å². The van der Waals surface area contributed by atoms with Crippen molar-refractivity contribution in [2.24, 2.45) is 11.3 Å². The highest BCUT2D eigenvalue weighted by Gasteiger charge is 2.33. The topological polar surface area (TPSA) is 32.3 Å². The summed E-state index contributed by atoms with van der Waals surface area (Å²) >= 11 is 0. The van der Waals surface area contributed by atoms with Crippen LogP contribution in [-0.2, 0) is 4.79 Å². The quantitative estimate of drug-likeness (QED) is 0.818. The predicted octanol–water partition coefficient (Wildman–Crippen LogP) is 2.41. The maximum Gasteiger partial charge on any atom is 0.225 e. The number of fused-ring (bicyclic) bond motifs is 1. The minimum absolute atomic E-state index is 0.190. The van der Waals surface area contributed by atoms with Crippen LogP contribution in [0.4, 0.5) is 0 Å². The van der Waals surface area contributed by atoms with Crippen LogP contribution < -0.4 is 5.32 Å². The van der Waals surface area contributed by atoms with Crippen molar-refractivity contribution >= 4 is 5.91 Å². The minimum Gasteiger partial charge on any atom is -0.355 e. The highest BCUT2D eigenvalue weighted by molar-refractivity contribution is 5.81. The largest absolute Gasteiger partial charge is 0.355 e. The van der Waals surface area contributed by atoms with Gasteiger partial charge in [0.1, 0.15) is 0 Å². The van der Waals surface area contributed by atoms with Gasteiger partial charge in [-0.25, -0.2) is 0 Å². The average Bonchev–Trinajstić information content (AvgIpc) is 2.34. The van der Waals surface area contributed by atoms with Gasteiger partial charge < -0.3 is 10.2 Å². The summed E-state index contributed by atoms with van der Waals surface area (Å²) in [6.45, 7) is 9.36. The van der Waals surface area contributed by atoms with E-state index in [-0.39, 0.29) is 11.3 Å². The predicted molar refractivity (Wildman–Crippen MR) is 74.4 cm³/mol. The van der Waals surface area contributed by atoms with Gasteiger partial charge in [-0.15, -0.1) is 0 Å². The fourth-order valence-electron chi connectivity index (χ4n) is 3.30. The Hall–Kier alpha value is -0.570. The molecule has 0 aromatic heterocycles. The third kappa shape index (κ3) is 3.25. The van der Waals surface area contributed by atoms with E-state index in [1.54, 1.807) is 0 Å². The summed E-state index contributed by atoms with van der Waals surface area (Å²) in [5, 5.41) is 3.16. The van der Waals surface area contributed by atoms with Crippen molar-refractivity contribution in [2.75, 3.05) is 19.6 Å². The zero-order chi connectivity index (χ0) is 13.2. The summed E-state index contributed by atoms with van der Waals surface area (Å²) in [6, 6.07) is 0.729. The Labute approximate surface area is 111 Å². The molecule has 2 saturated heterocycles. The van der Waals surface area contributed by atoms with Gasteiger partial charge in [-0.3, -0.25) is 4.79 Å². The summed E-state index contributed by atoms with van der Waals surface area (Å²) in [5.74, 6) is 0.862. The number of rotatable bonds is 2. The van der Waals surface area contributed by atoms with E-state index in [1.165, 1.54) is 45.2 Å². The molecule has 0 spiro atoms. The number of nitrogens with zero attached hydrogens (tertiary/aromatic N) is 1. The Balaban J connectivity index is 1.86. The fraction of sp³-hybridized carbons (Fsp3) is 0.933. The molecule has 0 bridgehead atoms. The van der Waals surface area contributed by atoms with Crippen LogP contribution in [0.1, 0.15) is 52.9 Å². The zero-order valence-corrected chi connectivity index (χ0v) is 12.2. The van der Waals surface area contributed by atoms with E-state index in [9.17, 15) is 4.79 Å². The normalized spacial score (nSPS) is 29.7. The first kappa shape index (κ1) is 13.9. The Morgan fingerprint density at radius 2 is 1.89 bits per heavy atom. The first-order chi connectivity index (χ1) is 8.48. The van der Waals surface area contributed by atoms with Crippen LogP contribution >= 0.6 is 0 Å². The molecule has 1 N–H and O–H groups in total. The van der Waals surface area contributed by atoms with Crippen LogP contribution in [0.2, 0.25) is 0 Å². The molecule has 2 atom stereocenters. The lowest BCUT2D eigenvalue weighted by atomic mass is 9.83. The summed E-state index contributed by atoms with van der Waals surface area (Å²) in [5.41, 5.74) is -0.263. The maximum absolute atomic E-state index is 11.9. The Bertz CT molecular complexity index is 293. The number of carbonyl (C=O) groups is 1. The number of piperidine rings is 2. The van der Waals surface area contributed by atoms with Crippen LogP contribution in [0.25, 0.3) is 0 Å². The summed E-state index contributed by atoms with van der Waals surface area (Å²) in [7, 11) is 0. The van der Waals surface area contributed by atoms with Crippen LogP contribution in [0.15, 0.2) is 0 Å². The Morgan fingerprint density at radius 1 is 1.17 bits per heavy atom. The van der Waals surface area contributed by atoms with Crippen molar-refractivity contribution in [3.63, 3.8) is 0 Å². The van der Waals surface area contributed by atoms with Gasteiger partial charge in [-0.1, -0.05) is 27.2 Å². The van der Waals surface area contributed by atoms with Gasteiger partial charge in [0.05, 0.1) is 0 Å². The smallest absolute Gasteiger partial charge is 0.225 e. The number of hydrogen-bond donors (Lipinski definition) is 1. The van der Waals surface area contributed by atoms with E-state index in [0.29, 0.717) is 5.92 Å². The molecule has 0 saturated carbocycles. The average molecular weight is 252 g/mol. The molecular weight excluding hydrogens is 224 g/mol. The lowest BCUT2D eigenvalue weighted by molar-refractivity contribution is -0.128. The Morgan fingerprint density at radius 3 is 2.61 bits per heavy atom. The second-order valence-electron chi connectivity index (χ2n) is 6.96. The standard InChI is InChI=1S/C15H28N2O/c1-15(2,3)14(18)16-11-12-7-6-10-17-9-5-4-8-13(12)17/h12-13H,4-11H2,1-3H3,(H,16,18). The molecule has 2 aliphatic heterocycles. The van der Waals surface area contributed by atoms with Crippen LogP contribution in [-0.4, -0.2) is 36.5 Å². The molecule has 0 aromatic carbocycles. The number of nitrogens with one attached hydrogen (secondary N) is 1. The molecule has 3 nitrogen and oxygen atoms in total. The van der Waals surface area contributed by atoms with Gasteiger partial charge in [-0.2, -0.15) is 0 Å². The molecule has 18 heavy (non-hydrogen) atoms. The van der Waals surface area contributed by atoms with Crippen molar-refractivity contribution in [3.05, 3.63) is 0 Å². The van der Waals surface area contributed by atoms with E-state index in [1.807, 2.05) is 20.8 Å². The molecule has 1 amide bonds. The third-order valence-electron chi connectivity index (χ3n) is 4.43. The highest BCUT2D eigenvalue weighted by atomic mass is 16.2. The van der Waals surface area contributed by atoms with E-state index in [2.05, 4.69) is 10.2 Å². The second-order valence-corrected chi connectivity index (χ2v) is 6.96. The lowest BCUT2D eigenvalue weighted by Gasteiger charge is -2.44. The molecule has 0 radical (unpaired) electrons. The van der Waals surface area contributed by atoms with Gasteiger partial charge in [-0.05, 0) is 44.7 Å². The monoisotopic (exact) mass is 252 g/mol. The lowest BCUT2D eigenvalue weighted by Crippen LogP contribution is -2.51. The molecule has 2 aliphatic rings. The SMILES string of the molecule is CC(C)(C)C(=O)NCC1CCCN2CCCCC12. The van der Waals surface area contributed by atoms with Gasteiger partial charge in [0.25, 0.3) is 0 Å². The molecular formula is C15H28N2O. The number of amides is 1. The number of hydrogen-bond acceptors (Lipinski definition) is 2. The van der Waals surface area contributed by atoms with E-state index in [0.717, 1.165) is 12.6 Å². The van der Waals surface area contributed by atoms with E-state index < -0.39 is 0 Å². The summed E-state index contributed by atoms with van der Waals surface area (Å²) < 4.78 is 0. The van der Waals surface area contributed by atoms with Gasteiger partial charge in [0.2, 0.25) is 5.91 Å². The minimum atomic E-state index is -0.263. The molecule has 2 rings (SSSR count). The first-order valence-electron chi connectivity index (χ1n) is 7.51. The Kier molecular flexibility index (Phi) is 4.31. The molecule has 3 heteroatoms. The van der Waals surface area contributed by atoms with Gasteiger partial charge in [0.15, 0.2) is 0 Å². The maximum atomic E-state index is 11.9. The summed E-state index contributed by atoms with van der Waals surface area (Å²) in [4.78, 5) is 14.6. The second kappa shape index (κ2) is 5.60. The van der Waals surface area contributed by atoms with Crippen molar-refractivity contribution in [2.45, 2.75) is 58.9 Å². The van der Waals surface area contributed by atoms with E-state index >= 15 is 0 Å². The van der Waals surface area contributed by atoms with Gasteiger partial charge >= 0.3 is 0 Å². The molecule has 2 fully saturated rings. The molecule has 2 heterocycles. The number of carbonyl (C=O) groups excluding carboxylic acids is 1. The van der Waals surface area contributed by atoms with Crippen LogP contribution in [0.3, 0.4) is 0 Å². The van der Waals surface area contributed by atoms with Crippen LogP contribution in [0.5, 0.6) is 0 Å². The van der Waals surface area contributed by atoms with Crippen molar-refractivity contribution < 1.29 is 4.79 Å². The first-order valence-corrected chi connectivity index (χ1v) is 7.51. The fourth-order valence-corrected chi connectivity index (χ4v) is 3.30. The third-order valence-corrected chi connectivity index (χ3v) is 4.43. The van der Waals surface area contributed by atoms with Crippen molar-refractivity contribution in [1.29, 1.82) is 0 Å². The molecule has 104 valence electrons. The highest BCUT2D eigenvalue weighted by Crippen LogP contribution is 2.30. The summed E-state index contributed by atoms with van der Waals surface area (Å²) in [6.07, 6.45) is 6.64. The van der Waals surface area contributed by atoms with Crippen molar-refractivity contribution in [1.82, 2.24) is 10.2 Å². The molecule has 0 aromatic rings. The molecule has 2 unspecified atom stereocenters. The van der Waals surface area contributed by atoms with Crippen LogP contribution in [0, 0.1) is 11.3 Å². The zero-order valence-electron chi connectivity index (χ0n) is 12.2.